The molecule has 1 atom stereocenters. The van der Waals surface area contributed by atoms with Crippen molar-refractivity contribution in [3.05, 3.63) is 44.9 Å². The summed E-state index contributed by atoms with van der Waals surface area (Å²) in [6, 6.07) is 3.58. The maximum atomic E-state index is 12.1. The number of amides is 1. The number of phenolic OH excluding ortho intramolecular Hbond substituents is 1. The molecule has 8 heteroatoms. The fraction of sp³-hybridized carbons (Fsp3) is 0.154. The Kier molecular flexibility index (Phi) is 4.44. The van der Waals surface area contributed by atoms with Gasteiger partial charge in [-0.05, 0) is 25.1 Å². The van der Waals surface area contributed by atoms with E-state index < -0.39 is 17.9 Å². The lowest BCUT2D eigenvalue weighted by atomic mass is 10.2. The Morgan fingerprint density at radius 3 is 2.76 bits per heavy atom. The van der Waals surface area contributed by atoms with Gasteiger partial charge in [0.25, 0.3) is 5.91 Å². The molecule has 2 rings (SSSR count). The van der Waals surface area contributed by atoms with Gasteiger partial charge in [0.15, 0.2) is 5.69 Å². The van der Waals surface area contributed by atoms with Crippen LogP contribution in [0.5, 0.6) is 5.75 Å². The predicted molar refractivity (Wildman–Crippen MR) is 78.1 cm³/mol. The summed E-state index contributed by atoms with van der Waals surface area (Å²) < 4.78 is 0. The highest BCUT2D eigenvalue weighted by Crippen LogP contribution is 2.23. The summed E-state index contributed by atoms with van der Waals surface area (Å²) >= 11 is 7.05. The van der Waals surface area contributed by atoms with E-state index in [1.165, 1.54) is 23.6 Å². The topological polar surface area (TPSA) is 99.5 Å². The minimum Gasteiger partial charge on any atom is -0.508 e. The van der Waals surface area contributed by atoms with Crippen molar-refractivity contribution in [2.45, 2.75) is 13.0 Å². The third-order valence-electron chi connectivity index (χ3n) is 2.65. The molecular formula is C13H11ClN2O4S. The highest BCUT2D eigenvalue weighted by Gasteiger charge is 2.18. The average molecular weight is 327 g/mol. The number of benzene rings is 1. The standard InChI is InChI=1S/C13H11ClN2O4S/c1-6(12-16-10(5-21-12)13(19)20)15-11(18)8-4-7(17)2-3-9(8)14/h2-6,17H,1H3,(H,15,18)(H,19,20). The number of hydrogen-bond donors (Lipinski definition) is 3. The van der Waals surface area contributed by atoms with Gasteiger partial charge in [-0.2, -0.15) is 0 Å². The monoisotopic (exact) mass is 326 g/mol. The van der Waals surface area contributed by atoms with Crippen LogP contribution in [0.25, 0.3) is 0 Å². The highest BCUT2D eigenvalue weighted by molar-refractivity contribution is 7.09. The number of nitrogens with one attached hydrogen (secondary N) is 1. The summed E-state index contributed by atoms with van der Waals surface area (Å²) in [5, 5.41) is 22.9. The van der Waals surface area contributed by atoms with Gasteiger partial charge >= 0.3 is 5.97 Å². The quantitative estimate of drug-likeness (QED) is 0.802. The zero-order chi connectivity index (χ0) is 15.6. The molecule has 0 aliphatic rings. The Morgan fingerprint density at radius 2 is 2.14 bits per heavy atom. The van der Waals surface area contributed by atoms with Crippen molar-refractivity contribution >= 4 is 34.8 Å². The minimum atomic E-state index is -1.12. The molecule has 0 aliphatic carbocycles. The molecule has 0 aliphatic heterocycles. The fourth-order valence-electron chi connectivity index (χ4n) is 1.61. The number of phenols is 1. The van der Waals surface area contributed by atoms with E-state index in [9.17, 15) is 14.7 Å². The van der Waals surface area contributed by atoms with Gasteiger partial charge in [-0.3, -0.25) is 4.79 Å². The Balaban J connectivity index is 2.14. The second-order valence-corrected chi connectivity index (χ2v) is 5.53. The van der Waals surface area contributed by atoms with Crippen LogP contribution in [0.15, 0.2) is 23.6 Å². The van der Waals surface area contributed by atoms with Gasteiger partial charge in [-0.1, -0.05) is 11.6 Å². The van der Waals surface area contributed by atoms with Crippen LogP contribution in [0.1, 0.15) is 38.8 Å². The van der Waals surface area contributed by atoms with Crippen molar-refractivity contribution in [3.63, 3.8) is 0 Å². The van der Waals surface area contributed by atoms with Crippen LogP contribution >= 0.6 is 22.9 Å². The van der Waals surface area contributed by atoms with Gasteiger partial charge in [0.1, 0.15) is 10.8 Å². The van der Waals surface area contributed by atoms with E-state index in [4.69, 9.17) is 16.7 Å². The first kappa shape index (κ1) is 15.3. The molecule has 110 valence electrons. The number of aromatic carboxylic acids is 1. The van der Waals surface area contributed by atoms with E-state index in [-0.39, 0.29) is 22.0 Å². The summed E-state index contributed by atoms with van der Waals surface area (Å²) in [5.74, 6) is -1.66. The molecule has 0 saturated carbocycles. The van der Waals surface area contributed by atoms with Gasteiger partial charge in [-0.25, -0.2) is 9.78 Å². The van der Waals surface area contributed by atoms with Crippen LogP contribution in [0, 0.1) is 0 Å². The fourth-order valence-corrected chi connectivity index (χ4v) is 2.61. The van der Waals surface area contributed by atoms with E-state index >= 15 is 0 Å². The molecule has 1 aromatic heterocycles. The number of carboxylic acid groups (broad SMARTS) is 1. The minimum absolute atomic E-state index is 0.0634. The van der Waals surface area contributed by atoms with Gasteiger partial charge in [0.2, 0.25) is 0 Å². The van der Waals surface area contributed by atoms with Crippen molar-refractivity contribution in [1.82, 2.24) is 10.3 Å². The van der Waals surface area contributed by atoms with Crippen LogP contribution < -0.4 is 5.32 Å². The van der Waals surface area contributed by atoms with Crippen molar-refractivity contribution < 1.29 is 19.8 Å². The normalized spacial score (nSPS) is 11.9. The molecule has 3 N–H and O–H groups in total. The zero-order valence-corrected chi connectivity index (χ0v) is 12.4. The Labute approximate surface area is 129 Å². The van der Waals surface area contributed by atoms with Gasteiger partial charge in [0.05, 0.1) is 16.6 Å². The molecule has 0 fully saturated rings. The Bertz CT molecular complexity index is 701. The molecular weight excluding hydrogens is 316 g/mol. The largest absolute Gasteiger partial charge is 0.508 e. The first-order chi connectivity index (χ1) is 9.88. The van der Waals surface area contributed by atoms with Crippen LogP contribution in [-0.4, -0.2) is 27.1 Å². The molecule has 0 spiro atoms. The molecule has 1 heterocycles. The molecule has 1 aromatic carbocycles. The SMILES string of the molecule is CC(NC(=O)c1cc(O)ccc1Cl)c1nc(C(=O)O)cs1. The summed E-state index contributed by atoms with van der Waals surface area (Å²) in [6.45, 7) is 1.68. The summed E-state index contributed by atoms with van der Waals surface area (Å²) in [7, 11) is 0. The van der Waals surface area contributed by atoms with Crippen LogP contribution in [-0.2, 0) is 0 Å². The zero-order valence-electron chi connectivity index (χ0n) is 10.8. The first-order valence-electron chi connectivity index (χ1n) is 5.86. The number of carbonyl (C=O) groups is 2. The number of aromatic hydroxyl groups is 1. The second kappa shape index (κ2) is 6.11. The number of halogens is 1. The smallest absolute Gasteiger partial charge is 0.355 e. The summed E-state index contributed by atoms with van der Waals surface area (Å²) in [6.07, 6.45) is 0. The molecule has 0 bridgehead atoms. The van der Waals surface area contributed by atoms with E-state index in [1.807, 2.05) is 0 Å². The van der Waals surface area contributed by atoms with Crippen molar-refractivity contribution in [1.29, 1.82) is 0 Å². The number of thiazole rings is 1. The molecule has 21 heavy (non-hydrogen) atoms. The van der Waals surface area contributed by atoms with E-state index in [1.54, 1.807) is 6.92 Å². The number of nitrogens with zero attached hydrogens (tertiary/aromatic N) is 1. The predicted octanol–water partition coefficient (Wildman–Crippen LogP) is 2.69. The summed E-state index contributed by atoms with van der Waals surface area (Å²) in [4.78, 5) is 26.8. The number of rotatable bonds is 4. The molecule has 0 radical (unpaired) electrons. The molecule has 0 saturated heterocycles. The van der Waals surface area contributed by atoms with E-state index in [2.05, 4.69) is 10.3 Å². The maximum Gasteiger partial charge on any atom is 0.355 e. The van der Waals surface area contributed by atoms with Gasteiger partial charge in [0, 0.05) is 5.38 Å². The average Bonchev–Trinajstić information content (AvgIpc) is 2.91. The van der Waals surface area contributed by atoms with Crippen molar-refractivity contribution in [2.24, 2.45) is 0 Å². The molecule has 1 unspecified atom stereocenters. The lowest BCUT2D eigenvalue weighted by Gasteiger charge is -2.12. The molecule has 2 aromatic rings. The number of hydrogen-bond acceptors (Lipinski definition) is 5. The van der Waals surface area contributed by atoms with E-state index in [0.717, 1.165) is 11.3 Å². The lowest BCUT2D eigenvalue weighted by molar-refractivity contribution is 0.0691. The Morgan fingerprint density at radius 1 is 1.43 bits per heavy atom. The van der Waals surface area contributed by atoms with Crippen molar-refractivity contribution in [2.75, 3.05) is 0 Å². The van der Waals surface area contributed by atoms with Crippen LogP contribution in [0.2, 0.25) is 5.02 Å². The summed E-state index contributed by atoms with van der Waals surface area (Å²) in [5.41, 5.74) is 0.0741. The molecule has 1 amide bonds. The van der Waals surface area contributed by atoms with Crippen LogP contribution in [0.3, 0.4) is 0 Å². The lowest BCUT2D eigenvalue weighted by Crippen LogP contribution is -2.26. The highest BCUT2D eigenvalue weighted by atomic mass is 35.5. The van der Waals surface area contributed by atoms with Gasteiger partial charge < -0.3 is 15.5 Å². The van der Waals surface area contributed by atoms with E-state index in [0.29, 0.717) is 5.01 Å². The first-order valence-corrected chi connectivity index (χ1v) is 7.12. The molecule has 6 nitrogen and oxygen atoms in total. The number of carbonyl (C=O) groups excluding carboxylic acids is 1. The number of carboxylic acids is 1. The third-order valence-corrected chi connectivity index (χ3v) is 4.01. The number of aromatic nitrogens is 1. The maximum absolute atomic E-state index is 12.1. The third kappa shape index (κ3) is 3.50. The Hall–Kier alpha value is -2.12. The van der Waals surface area contributed by atoms with Crippen LogP contribution in [0.4, 0.5) is 0 Å². The van der Waals surface area contributed by atoms with Crippen molar-refractivity contribution in [3.8, 4) is 5.75 Å². The second-order valence-electron chi connectivity index (χ2n) is 4.24. The van der Waals surface area contributed by atoms with Gasteiger partial charge in [-0.15, -0.1) is 11.3 Å².